The van der Waals surface area contributed by atoms with Gasteiger partial charge in [0.05, 0.1) is 5.56 Å². The first-order valence-corrected chi connectivity index (χ1v) is 11.7. The average Bonchev–Trinajstić information content (AvgIpc) is 2.84. The average molecular weight is 446 g/mol. The lowest BCUT2D eigenvalue weighted by atomic mass is 10.0. The van der Waals surface area contributed by atoms with Gasteiger partial charge < -0.3 is 4.84 Å². The Morgan fingerprint density at radius 3 is 2.03 bits per heavy atom. The van der Waals surface area contributed by atoms with Crippen molar-refractivity contribution >= 4 is 29.2 Å². The first-order valence-electron chi connectivity index (χ1n) is 10.9. The third-order valence-electron chi connectivity index (χ3n) is 4.86. The number of carbonyl (C=O) groups excluding carboxylic acids is 2. The van der Waals surface area contributed by atoms with Crippen LogP contribution < -0.4 is 0 Å². The van der Waals surface area contributed by atoms with Crippen molar-refractivity contribution in [2.45, 2.75) is 48.8 Å². The van der Waals surface area contributed by atoms with Crippen LogP contribution in [0.1, 0.15) is 54.9 Å². The fraction of sp³-hybridized carbons (Fsp3) is 0.222. The minimum atomic E-state index is -0.585. The smallest absolute Gasteiger partial charge is 0.312 e. The van der Waals surface area contributed by atoms with E-state index in [1.165, 1.54) is 0 Å². The monoisotopic (exact) mass is 445 g/mol. The second kappa shape index (κ2) is 12.6. The van der Waals surface area contributed by atoms with Crippen molar-refractivity contribution in [3.8, 4) is 0 Å². The molecule has 0 unspecified atom stereocenters. The van der Waals surface area contributed by atoms with E-state index in [9.17, 15) is 9.59 Å². The maximum atomic E-state index is 12.9. The molecule has 0 aliphatic rings. The minimum absolute atomic E-state index is 0.120. The summed E-state index contributed by atoms with van der Waals surface area (Å²) in [5, 5.41) is 3.99. The predicted molar refractivity (Wildman–Crippen MR) is 129 cm³/mol. The summed E-state index contributed by atoms with van der Waals surface area (Å²) in [5.74, 6) is -0.705. The third-order valence-corrected chi connectivity index (χ3v) is 5.87. The van der Waals surface area contributed by atoms with E-state index in [0.717, 1.165) is 35.5 Å². The van der Waals surface area contributed by atoms with Gasteiger partial charge in [-0.2, -0.15) is 0 Å². The number of hydrogen-bond acceptors (Lipinski definition) is 5. The van der Waals surface area contributed by atoms with Crippen LogP contribution >= 0.6 is 11.8 Å². The number of benzene rings is 3. The maximum absolute atomic E-state index is 12.9. The normalized spacial score (nSPS) is 11.2. The van der Waals surface area contributed by atoms with Crippen LogP contribution in [0.3, 0.4) is 0 Å². The number of hydrogen-bond donors (Lipinski definition) is 0. The molecule has 5 heteroatoms. The summed E-state index contributed by atoms with van der Waals surface area (Å²) in [7, 11) is 0. The topological polar surface area (TPSA) is 55.7 Å². The molecule has 0 aliphatic heterocycles. The van der Waals surface area contributed by atoms with Crippen LogP contribution in [0.25, 0.3) is 0 Å². The Bertz CT molecular complexity index is 1030. The fourth-order valence-electron chi connectivity index (χ4n) is 3.11. The van der Waals surface area contributed by atoms with Crippen molar-refractivity contribution in [2.75, 3.05) is 0 Å². The molecule has 0 saturated carbocycles. The molecule has 0 amide bonds. The molecule has 0 fully saturated rings. The summed E-state index contributed by atoms with van der Waals surface area (Å²) in [6.45, 7) is 2.13. The molecule has 0 heterocycles. The van der Waals surface area contributed by atoms with Crippen molar-refractivity contribution in [2.24, 2.45) is 5.16 Å². The lowest BCUT2D eigenvalue weighted by Gasteiger charge is -2.08. The Kier molecular flexibility index (Phi) is 9.26. The SMILES string of the molecule is CCCCCCC(=O)/C(=N\OC(=O)c1ccccc1)c1ccc(Sc2ccccc2)cc1. The van der Waals surface area contributed by atoms with Crippen LogP contribution in [-0.4, -0.2) is 17.5 Å². The van der Waals surface area contributed by atoms with Crippen molar-refractivity contribution in [3.05, 3.63) is 96.1 Å². The Morgan fingerprint density at radius 2 is 1.38 bits per heavy atom. The van der Waals surface area contributed by atoms with Crippen LogP contribution in [-0.2, 0) is 9.63 Å². The second-order valence-corrected chi connectivity index (χ2v) is 8.50. The Balaban J connectivity index is 1.76. The van der Waals surface area contributed by atoms with Crippen LogP contribution in [0.5, 0.6) is 0 Å². The van der Waals surface area contributed by atoms with Crippen molar-refractivity contribution in [1.29, 1.82) is 0 Å². The Hall–Kier alpha value is -3.18. The van der Waals surface area contributed by atoms with Gasteiger partial charge in [0.15, 0.2) is 11.5 Å². The summed E-state index contributed by atoms with van der Waals surface area (Å²) in [6.07, 6.45) is 4.35. The summed E-state index contributed by atoms with van der Waals surface area (Å²) in [4.78, 5) is 32.6. The van der Waals surface area contributed by atoms with E-state index < -0.39 is 5.97 Å². The highest BCUT2D eigenvalue weighted by atomic mass is 32.2. The Labute approximate surface area is 193 Å². The molecule has 0 bridgehead atoms. The molecule has 0 radical (unpaired) electrons. The largest absolute Gasteiger partial charge is 0.365 e. The van der Waals surface area contributed by atoms with E-state index >= 15 is 0 Å². The van der Waals surface area contributed by atoms with Crippen LogP contribution in [0.2, 0.25) is 0 Å². The quantitative estimate of drug-likeness (QED) is 0.139. The molecule has 0 aliphatic carbocycles. The molecule has 3 aromatic rings. The van der Waals surface area contributed by atoms with Crippen molar-refractivity contribution in [3.63, 3.8) is 0 Å². The molecule has 0 atom stereocenters. The summed E-state index contributed by atoms with van der Waals surface area (Å²) in [5.41, 5.74) is 1.21. The zero-order chi connectivity index (χ0) is 22.6. The number of carbonyl (C=O) groups is 2. The van der Waals surface area contributed by atoms with Crippen molar-refractivity contribution in [1.82, 2.24) is 0 Å². The van der Waals surface area contributed by atoms with Crippen LogP contribution in [0, 0.1) is 0 Å². The van der Waals surface area contributed by atoms with Gasteiger partial charge in [0.1, 0.15) is 0 Å². The summed E-state index contributed by atoms with van der Waals surface area (Å²) >= 11 is 1.64. The summed E-state index contributed by atoms with van der Waals surface area (Å²) < 4.78 is 0. The standard InChI is InChI=1S/C27H27NO3S/c1-2-3-4-11-16-25(29)26(28-31-27(30)22-12-7-5-8-13-22)21-17-19-24(20-18-21)32-23-14-9-6-10-15-23/h5-10,12-15,17-20H,2-4,11,16H2,1H3/b28-26-. The molecule has 0 spiro atoms. The molecule has 0 N–H and O–H groups in total. The van der Waals surface area contributed by atoms with Crippen LogP contribution in [0.15, 0.2) is 99.9 Å². The molecule has 3 rings (SSSR count). The minimum Gasteiger partial charge on any atom is -0.312 e. The third kappa shape index (κ3) is 7.20. The number of unbranched alkanes of at least 4 members (excludes halogenated alkanes) is 3. The zero-order valence-corrected chi connectivity index (χ0v) is 19.0. The van der Waals surface area contributed by atoms with E-state index in [-0.39, 0.29) is 11.5 Å². The lowest BCUT2D eigenvalue weighted by Crippen LogP contribution is -2.17. The number of Topliss-reactive ketones (excluding diaryl/α,β-unsaturated/α-hetero) is 1. The number of oxime groups is 1. The maximum Gasteiger partial charge on any atom is 0.365 e. The number of ketones is 1. The number of nitrogens with zero attached hydrogens (tertiary/aromatic N) is 1. The van der Waals surface area contributed by atoms with Gasteiger partial charge in [-0.25, -0.2) is 4.79 Å². The van der Waals surface area contributed by atoms with Gasteiger partial charge in [0, 0.05) is 21.8 Å². The molecule has 32 heavy (non-hydrogen) atoms. The van der Waals surface area contributed by atoms with Gasteiger partial charge in [-0.3, -0.25) is 4.79 Å². The molecular weight excluding hydrogens is 418 g/mol. The number of rotatable bonds is 11. The van der Waals surface area contributed by atoms with Crippen molar-refractivity contribution < 1.29 is 14.4 Å². The molecule has 0 saturated heterocycles. The van der Waals surface area contributed by atoms with Gasteiger partial charge in [-0.05, 0) is 42.8 Å². The molecule has 0 aromatic heterocycles. The fourth-order valence-corrected chi connectivity index (χ4v) is 3.95. The summed E-state index contributed by atoms with van der Waals surface area (Å²) in [6, 6.07) is 26.3. The molecule has 3 aromatic carbocycles. The zero-order valence-electron chi connectivity index (χ0n) is 18.2. The molecular formula is C27H27NO3S. The highest BCUT2D eigenvalue weighted by Crippen LogP contribution is 2.27. The first-order chi connectivity index (χ1) is 15.7. The van der Waals surface area contributed by atoms with E-state index in [2.05, 4.69) is 12.1 Å². The predicted octanol–water partition coefficient (Wildman–Crippen LogP) is 6.94. The first kappa shape index (κ1) is 23.5. The van der Waals surface area contributed by atoms with Crippen LogP contribution in [0.4, 0.5) is 0 Å². The van der Waals surface area contributed by atoms with Gasteiger partial charge >= 0.3 is 5.97 Å². The molecule has 164 valence electrons. The highest BCUT2D eigenvalue weighted by molar-refractivity contribution is 7.99. The second-order valence-electron chi connectivity index (χ2n) is 7.36. The lowest BCUT2D eigenvalue weighted by molar-refractivity contribution is -0.113. The Morgan fingerprint density at radius 1 is 0.750 bits per heavy atom. The van der Waals surface area contributed by atoms with E-state index in [1.54, 1.807) is 36.0 Å². The van der Waals surface area contributed by atoms with Gasteiger partial charge in [0.2, 0.25) is 0 Å². The van der Waals surface area contributed by atoms with Gasteiger partial charge in [0.25, 0.3) is 0 Å². The highest BCUT2D eigenvalue weighted by Gasteiger charge is 2.17. The molecule has 4 nitrogen and oxygen atoms in total. The van der Waals surface area contributed by atoms with Gasteiger partial charge in [-0.1, -0.05) is 91.6 Å². The van der Waals surface area contributed by atoms with Gasteiger partial charge in [-0.15, -0.1) is 0 Å². The van der Waals surface area contributed by atoms with E-state index in [1.807, 2.05) is 60.7 Å². The van der Waals surface area contributed by atoms with E-state index in [0.29, 0.717) is 17.5 Å². The van der Waals surface area contributed by atoms with E-state index in [4.69, 9.17) is 4.84 Å².